The minimum Gasteiger partial charge on any atom is -0.425 e. The van der Waals surface area contributed by atoms with Crippen molar-refractivity contribution in [1.29, 1.82) is 5.41 Å². The summed E-state index contributed by atoms with van der Waals surface area (Å²) < 4.78 is 0.869. The number of rotatable bonds is 2. The highest BCUT2D eigenvalue weighted by molar-refractivity contribution is 6.00. The largest absolute Gasteiger partial charge is 0.425 e. The van der Waals surface area contributed by atoms with E-state index in [2.05, 4.69) is 35.3 Å². The van der Waals surface area contributed by atoms with Crippen LogP contribution in [0, 0.1) is 5.41 Å². The fourth-order valence-corrected chi connectivity index (χ4v) is 3.54. The minimum atomic E-state index is -0.130. The summed E-state index contributed by atoms with van der Waals surface area (Å²) in [7, 11) is 0. The van der Waals surface area contributed by atoms with Gasteiger partial charge in [-0.3, -0.25) is 5.41 Å². The van der Waals surface area contributed by atoms with Crippen molar-refractivity contribution in [3.8, 4) is 11.3 Å². The molecule has 2 aromatic carbocycles. The molecule has 1 aliphatic carbocycles. The molecule has 4 rings (SSSR count). The van der Waals surface area contributed by atoms with Gasteiger partial charge in [-0.05, 0) is 46.7 Å². The number of nitrogens with zero attached hydrogens (tertiary/aromatic N) is 2. The van der Waals surface area contributed by atoms with E-state index < -0.39 is 0 Å². The van der Waals surface area contributed by atoms with Gasteiger partial charge in [-0.25, -0.2) is 4.98 Å². The first-order chi connectivity index (χ1) is 11.1. The van der Waals surface area contributed by atoms with Crippen molar-refractivity contribution in [3.63, 3.8) is 0 Å². The van der Waals surface area contributed by atoms with Gasteiger partial charge in [0.15, 0.2) is 0 Å². The normalized spacial score (nSPS) is 13.2. The average Bonchev–Trinajstić information content (AvgIpc) is 2.95. The Morgan fingerprint density at radius 1 is 1.13 bits per heavy atom. The molecule has 0 fully saturated rings. The second-order valence-electron chi connectivity index (χ2n) is 6.47. The first kappa shape index (κ1) is 14.0. The highest BCUT2D eigenvalue weighted by Gasteiger charge is 2.18. The minimum absolute atomic E-state index is 0.114. The molecule has 3 aromatic rings. The van der Waals surface area contributed by atoms with Gasteiger partial charge >= 0.3 is 0 Å². The van der Waals surface area contributed by atoms with E-state index in [4.69, 9.17) is 5.41 Å². The maximum atomic E-state index is 10.0. The molecule has 0 atom stereocenters. The number of benzene rings is 2. The van der Waals surface area contributed by atoms with Crippen LogP contribution in [0.1, 0.15) is 36.6 Å². The Morgan fingerprint density at radius 3 is 2.61 bits per heavy atom. The molecule has 1 aliphatic rings. The molecular weight excluding hydrogens is 286 g/mol. The summed E-state index contributed by atoms with van der Waals surface area (Å²) in [4.78, 5) is 4.30. The molecule has 0 amide bonds. The third-order valence-electron chi connectivity index (χ3n) is 4.70. The maximum absolute atomic E-state index is 10.0. The Bertz CT molecular complexity index is 976. The zero-order chi connectivity index (χ0) is 16.1. The second-order valence-corrected chi connectivity index (χ2v) is 6.47. The fraction of sp³-hybridized carbons (Fsp3) is 0.263. The molecule has 4 heteroatoms. The van der Waals surface area contributed by atoms with Crippen molar-refractivity contribution in [2.75, 3.05) is 0 Å². The molecular formula is C19H19N3O. The highest BCUT2D eigenvalue weighted by Crippen LogP contribution is 2.36. The van der Waals surface area contributed by atoms with E-state index in [1.807, 2.05) is 19.9 Å². The zero-order valence-corrected chi connectivity index (χ0v) is 13.3. The summed E-state index contributed by atoms with van der Waals surface area (Å²) in [5.41, 5.74) is 5.13. The summed E-state index contributed by atoms with van der Waals surface area (Å²) in [6.07, 6.45) is 2.19. The molecule has 1 aromatic heterocycles. The van der Waals surface area contributed by atoms with Crippen LogP contribution in [0.2, 0.25) is 0 Å². The summed E-state index contributed by atoms with van der Waals surface area (Å²) >= 11 is 0. The van der Waals surface area contributed by atoms with Gasteiger partial charge in [-0.15, -0.1) is 0 Å². The van der Waals surface area contributed by atoms with Crippen LogP contribution < -0.4 is 5.62 Å². The molecule has 1 heterocycles. The topological polar surface area (TPSA) is 61.9 Å². The van der Waals surface area contributed by atoms with Gasteiger partial charge < -0.3 is 5.21 Å². The van der Waals surface area contributed by atoms with E-state index in [-0.39, 0.29) is 11.5 Å². The highest BCUT2D eigenvalue weighted by atomic mass is 16.5. The Morgan fingerprint density at radius 2 is 1.87 bits per heavy atom. The van der Waals surface area contributed by atoms with Crippen LogP contribution in [0.15, 0.2) is 36.4 Å². The van der Waals surface area contributed by atoms with E-state index in [9.17, 15) is 5.21 Å². The molecule has 0 unspecified atom stereocenters. The monoisotopic (exact) mass is 305 g/mol. The summed E-state index contributed by atoms with van der Waals surface area (Å²) in [5, 5.41) is 20.5. The van der Waals surface area contributed by atoms with E-state index in [1.54, 1.807) is 0 Å². The summed E-state index contributed by atoms with van der Waals surface area (Å²) in [6.45, 7) is 4.00. The Balaban J connectivity index is 2.03. The molecule has 116 valence electrons. The van der Waals surface area contributed by atoms with E-state index in [0.29, 0.717) is 5.69 Å². The predicted molar refractivity (Wildman–Crippen MR) is 89.7 cm³/mol. The van der Waals surface area contributed by atoms with Gasteiger partial charge in [-0.2, -0.15) is 4.73 Å². The number of aryl methyl sites for hydroxylation is 2. The lowest BCUT2D eigenvalue weighted by atomic mass is 9.97. The number of nitrogens with one attached hydrogen (secondary N) is 1. The van der Waals surface area contributed by atoms with Crippen molar-refractivity contribution in [1.82, 2.24) is 9.71 Å². The predicted octanol–water partition coefficient (Wildman–Crippen LogP) is 3.64. The van der Waals surface area contributed by atoms with Crippen LogP contribution >= 0.6 is 0 Å². The van der Waals surface area contributed by atoms with Crippen molar-refractivity contribution in [2.45, 2.75) is 32.6 Å². The lowest BCUT2D eigenvalue weighted by molar-refractivity contribution is 0.153. The van der Waals surface area contributed by atoms with Gasteiger partial charge in [0.05, 0.1) is 11.4 Å². The van der Waals surface area contributed by atoms with Crippen LogP contribution in [0.4, 0.5) is 0 Å². The van der Waals surface area contributed by atoms with Crippen molar-refractivity contribution < 1.29 is 5.21 Å². The van der Waals surface area contributed by atoms with Gasteiger partial charge in [0.2, 0.25) is 0 Å². The van der Waals surface area contributed by atoms with Gasteiger partial charge in [-0.1, -0.05) is 44.2 Å². The molecule has 23 heavy (non-hydrogen) atoms. The SMILES string of the molecule is CC(C)c1cc(-c2ccc3c4c(cccc24)CC3)nc(=N)n1O. The van der Waals surface area contributed by atoms with Gasteiger partial charge in [0.1, 0.15) is 0 Å². The Hall–Kier alpha value is -2.62. The number of hydrogen-bond acceptors (Lipinski definition) is 3. The van der Waals surface area contributed by atoms with Gasteiger partial charge in [0, 0.05) is 5.56 Å². The third-order valence-corrected chi connectivity index (χ3v) is 4.70. The summed E-state index contributed by atoms with van der Waals surface area (Å²) in [5.74, 6) is 0.114. The zero-order valence-electron chi connectivity index (χ0n) is 13.3. The number of hydrogen-bond donors (Lipinski definition) is 2. The second kappa shape index (κ2) is 4.95. The number of aromatic nitrogens is 2. The van der Waals surface area contributed by atoms with Crippen LogP contribution in [-0.4, -0.2) is 14.9 Å². The van der Waals surface area contributed by atoms with Crippen molar-refractivity contribution in [2.24, 2.45) is 0 Å². The molecule has 0 bridgehead atoms. The molecule has 0 saturated carbocycles. The quantitative estimate of drug-likeness (QED) is 0.710. The van der Waals surface area contributed by atoms with Crippen molar-refractivity contribution >= 4 is 10.8 Å². The smallest absolute Gasteiger partial charge is 0.256 e. The van der Waals surface area contributed by atoms with Gasteiger partial charge in [0.25, 0.3) is 5.62 Å². The van der Waals surface area contributed by atoms with Crippen LogP contribution in [-0.2, 0) is 12.8 Å². The molecule has 4 nitrogen and oxygen atoms in total. The standard InChI is InChI=1S/C19H19N3O/c1-11(2)17-10-16(21-19(20)22(17)23)14-9-8-13-7-6-12-4-3-5-15(14)18(12)13/h3-5,8-11,20,23H,6-7H2,1-2H3. The molecule has 0 spiro atoms. The molecule has 0 aliphatic heterocycles. The van der Waals surface area contributed by atoms with Crippen molar-refractivity contribution in [3.05, 3.63) is 58.8 Å². The maximum Gasteiger partial charge on any atom is 0.256 e. The first-order valence-electron chi connectivity index (χ1n) is 7.98. The summed E-state index contributed by atoms with van der Waals surface area (Å²) in [6, 6.07) is 12.6. The molecule has 2 N–H and O–H groups in total. The van der Waals surface area contributed by atoms with Crippen LogP contribution in [0.3, 0.4) is 0 Å². The van der Waals surface area contributed by atoms with E-state index >= 15 is 0 Å². The van der Waals surface area contributed by atoms with E-state index in [0.717, 1.165) is 28.8 Å². The Labute approximate surface area is 134 Å². The molecule has 0 saturated heterocycles. The lowest BCUT2D eigenvalue weighted by Gasteiger charge is -2.14. The molecule has 0 radical (unpaired) electrons. The van der Waals surface area contributed by atoms with E-state index in [1.165, 1.54) is 21.9 Å². The first-order valence-corrected chi connectivity index (χ1v) is 7.98. The Kier molecular flexibility index (Phi) is 3.01. The lowest BCUT2D eigenvalue weighted by Crippen LogP contribution is -2.25. The van der Waals surface area contributed by atoms with Crippen LogP contribution in [0.25, 0.3) is 22.0 Å². The average molecular weight is 305 g/mol. The van der Waals surface area contributed by atoms with Crippen LogP contribution in [0.5, 0.6) is 0 Å². The third kappa shape index (κ3) is 2.05. The fourth-order valence-electron chi connectivity index (χ4n) is 3.54.